The molecule has 2 rings (SSSR count). The van der Waals surface area contributed by atoms with Gasteiger partial charge in [0.15, 0.2) is 0 Å². The monoisotopic (exact) mass is 329 g/mol. The number of hydrogen-bond donors (Lipinski definition) is 0. The maximum Gasteiger partial charge on any atom is 0.0244 e. The van der Waals surface area contributed by atoms with Crippen molar-refractivity contribution < 1.29 is 0 Å². The normalized spacial score (nSPS) is 21.9. The van der Waals surface area contributed by atoms with Crippen molar-refractivity contribution in [3.05, 3.63) is 33.4 Å². The van der Waals surface area contributed by atoms with Gasteiger partial charge in [-0.15, -0.1) is 0 Å². The molecule has 0 radical (unpaired) electrons. The van der Waals surface area contributed by atoms with E-state index in [0.29, 0.717) is 0 Å². The fourth-order valence-corrected chi connectivity index (χ4v) is 2.98. The molecule has 1 fully saturated rings. The Morgan fingerprint density at radius 3 is 2.75 bits per heavy atom. The van der Waals surface area contributed by atoms with Gasteiger partial charge in [0.1, 0.15) is 0 Å². The molecule has 0 bridgehead atoms. The standard InChI is InChI=1S/C14H20IN/c1-11(2)12-7-8-16(9-12)10-13-5-3-4-6-14(13)15/h3-6,11-12H,7-10H2,1-2H3. The highest BCUT2D eigenvalue weighted by atomic mass is 127. The number of nitrogens with zero attached hydrogens (tertiary/aromatic N) is 1. The van der Waals surface area contributed by atoms with Crippen molar-refractivity contribution in [2.24, 2.45) is 11.8 Å². The van der Waals surface area contributed by atoms with E-state index in [1.807, 2.05) is 0 Å². The molecule has 1 nitrogen and oxygen atoms in total. The van der Waals surface area contributed by atoms with Gasteiger partial charge in [-0.25, -0.2) is 0 Å². The van der Waals surface area contributed by atoms with Crippen LogP contribution >= 0.6 is 22.6 Å². The summed E-state index contributed by atoms with van der Waals surface area (Å²) in [5, 5.41) is 0. The molecule has 0 aromatic heterocycles. The zero-order chi connectivity index (χ0) is 11.5. The van der Waals surface area contributed by atoms with Gasteiger partial charge >= 0.3 is 0 Å². The minimum absolute atomic E-state index is 0.833. The van der Waals surface area contributed by atoms with Gasteiger partial charge in [-0.3, -0.25) is 4.90 Å². The highest BCUT2D eigenvalue weighted by Crippen LogP contribution is 2.25. The lowest BCUT2D eigenvalue weighted by Gasteiger charge is -2.18. The second-order valence-electron chi connectivity index (χ2n) is 5.12. The summed E-state index contributed by atoms with van der Waals surface area (Å²) in [7, 11) is 0. The second kappa shape index (κ2) is 5.50. The quantitative estimate of drug-likeness (QED) is 0.763. The summed E-state index contributed by atoms with van der Waals surface area (Å²) in [4.78, 5) is 2.60. The highest BCUT2D eigenvalue weighted by Gasteiger charge is 2.24. The van der Waals surface area contributed by atoms with Crippen LogP contribution in [0.4, 0.5) is 0 Å². The van der Waals surface area contributed by atoms with Gasteiger partial charge in [-0.2, -0.15) is 0 Å². The average molecular weight is 329 g/mol. The SMILES string of the molecule is CC(C)C1CCN(Cc2ccccc2I)C1. The molecule has 0 saturated carbocycles. The molecular formula is C14H20IN. The van der Waals surface area contributed by atoms with Gasteiger partial charge < -0.3 is 0 Å². The predicted octanol–water partition coefficient (Wildman–Crippen LogP) is 3.77. The van der Waals surface area contributed by atoms with Crippen LogP contribution in [0.1, 0.15) is 25.8 Å². The molecule has 16 heavy (non-hydrogen) atoms. The molecule has 1 atom stereocenters. The summed E-state index contributed by atoms with van der Waals surface area (Å²) >= 11 is 2.44. The van der Waals surface area contributed by atoms with E-state index in [1.165, 1.54) is 28.6 Å². The molecule has 0 N–H and O–H groups in total. The first-order valence-electron chi connectivity index (χ1n) is 6.12. The van der Waals surface area contributed by atoms with Gasteiger partial charge in [0.05, 0.1) is 0 Å². The summed E-state index contributed by atoms with van der Waals surface area (Å²) in [6, 6.07) is 8.72. The van der Waals surface area contributed by atoms with Crippen molar-refractivity contribution in [1.82, 2.24) is 4.90 Å². The Kier molecular flexibility index (Phi) is 4.25. The lowest BCUT2D eigenvalue weighted by Crippen LogP contribution is -2.21. The van der Waals surface area contributed by atoms with Crippen LogP contribution in [0.25, 0.3) is 0 Å². The molecule has 88 valence electrons. The summed E-state index contributed by atoms with van der Waals surface area (Å²) in [5.74, 6) is 1.74. The lowest BCUT2D eigenvalue weighted by molar-refractivity contribution is 0.296. The average Bonchev–Trinajstić information content (AvgIpc) is 2.70. The van der Waals surface area contributed by atoms with Gasteiger partial charge in [-0.05, 0) is 59.0 Å². The molecule has 2 heteroatoms. The van der Waals surface area contributed by atoms with Crippen LogP contribution in [0.2, 0.25) is 0 Å². The molecule has 1 aromatic rings. The van der Waals surface area contributed by atoms with Crippen LogP contribution in [-0.4, -0.2) is 18.0 Å². The van der Waals surface area contributed by atoms with E-state index in [-0.39, 0.29) is 0 Å². The Morgan fingerprint density at radius 2 is 2.12 bits per heavy atom. The minimum atomic E-state index is 0.833. The first kappa shape index (κ1) is 12.4. The summed E-state index contributed by atoms with van der Waals surface area (Å²) in [5.41, 5.74) is 1.48. The third kappa shape index (κ3) is 2.98. The molecule has 1 aliphatic rings. The smallest absolute Gasteiger partial charge is 0.0244 e. The molecule has 1 unspecified atom stereocenters. The van der Waals surface area contributed by atoms with E-state index in [2.05, 4.69) is 65.6 Å². The Bertz CT molecular complexity index is 348. The third-order valence-corrected chi connectivity index (χ3v) is 4.66. The van der Waals surface area contributed by atoms with Gasteiger partial charge in [-0.1, -0.05) is 32.0 Å². The number of benzene rings is 1. The van der Waals surface area contributed by atoms with Crippen molar-refractivity contribution in [3.8, 4) is 0 Å². The maximum atomic E-state index is 2.60. The molecule has 0 spiro atoms. The molecular weight excluding hydrogens is 309 g/mol. The summed E-state index contributed by atoms with van der Waals surface area (Å²) < 4.78 is 1.40. The number of halogens is 1. The van der Waals surface area contributed by atoms with E-state index in [0.717, 1.165) is 18.4 Å². The topological polar surface area (TPSA) is 3.24 Å². The van der Waals surface area contributed by atoms with E-state index >= 15 is 0 Å². The van der Waals surface area contributed by atoms with Crippen LogP contribution in [0.5, 0.6) is 0 Å². The second-order valence-corrected chi connectivity index (χ2v) is 6.28. The van der Waals surface area contributed by atoms with E-state index in [9.17, 15) is 0 Å². The van der Waals surface area contributed by atoms with Crippen LogP contribution in [-0.2, 0) is 6.54 Å². The van der Waals surface area contributed by atoms with Crippen LogP contribution in [0.3, 0.4) is 0 Å². The lowest BCUT2D eigenvalue weighted by atomic mass is 9.95. The van der Waals surface area contributed by atoms with Crippen LogP contribution in [0, 0.1) is 15.4 Å². The minimum Gasteiger partial charge on any atom is -0.299 e. The first-order valence-corrected chi connectivity index (χ1v) is 7.20. The number of likely N-dealkylation sites (tertiary alicyclic amines) is 1. The van der Waals surface area contributed by atoms with Crippen molar-refractivity contribution in [2.45, 2.75) is 26.8 Å². The Balaban J connectivity index is 1.95. The Hall–Kier alpha value is -0.0900. The van der Waals surface area contributed by atoms with Crippen LogP contribution < -0.4 is 0 Å². The van der Waals surface area contributed by atoms with Crippen molar-refractivity contribution in [3.63, 3.8) is 0 Å². The van der Waals surface area contributed by atoms with Crippen LogP contribution in [0.15, 0.2) is 24.3 Å². The third-order valence-electron chi connectivity index (χ3n) is 3.60. The number of hydrogen-bond acceptors (Lipinski definition) is 1. The van der Waals surface area contributed by atoms with Crippen molar-refractivity contribution in [2.75, 3.05) is 13.1 Å². The molecule has 1 saturated heterocycles. The van der Waals surface area contributed by atoms with E-state index in [4.69, 9.17) is 0 Å². The zero-order valence-electron chi connectivity index (χ0n) is 10.1. The van der Waals surface area contributed by atoms with E-state index in [1.54, 1.807) is 0 Å². The fourth-order valence-electron chi connectivity index (χ4n) is 2.42. The number of rotatable bonds is 3. The predicted molar refractivity (Wildman–Crippen MR) is 77.4 cm³/mol. The van der Waals surface area contributed by atoms with Gasteiger partial charge in [0.25, 0.3) is 0 Å². The Labute approximate surface area is 112 Å². The van der Waals surface area contributed by atoms with E-state index < -0.39 is 0 Å². The Morgan fingerprint density at radius 1 is 1.38 bits per heavy atom. The summed E-state index contributed by atoms with van der Waals surface area (Å²) in [6.07, 6.45) is 1.38. The summed E-state index contributed by atoms with van der Waals surface area (Å²) in [6.45, 7) is 8.37. The zero-order valence-corrected chi connectivity index (χ0v) is 12.3. The first-order chi connectivity index (χ1) is 7.66. The molecule has 1 aromatic carbocycles. The highest BCUT2D eigenvalue weighted by molar-refractivity contribution is 14.1. The van der Waals surface area contributed by atoms with Gasteiger partial charge in [0, 0.05) is 16.7 Å². The van der Waals surface area contributed by atoms with Crippen molar-refractivity contribution in [1.29, 1.82) is 0 Å². The van der Waals surface area contributed by atoms with Crippen molar-refractivity contribution >= 4 is 22.6 Å². The van der Waals surface area contributed by atoms with Gasteiger partial charge in [0.2, 0.25) is 0 Å². The largest absolute Gasteiger partial charge is 0.299 e. The molecule has 1 heterocycles. The fraction of sp³-hybridized carbons (Fsp3) is 0.571. The molecule has 0 amide bonds. The molecule has 0 aliphatic carbocycles. The molecule has 1 aliphatic heterocycles. The maximum absolute atomic E-state index is 2.60.